The summed E-state index contributed by atoms with van der Waals surface area (Å²) in [6.45, 7) is 0. The summed E-state index contributed by atoms with van der Waals surface area (Å²) in [6, 6.07) is 0. The van der Waals surface area contributed by atoms with Crippen LogP contribution in [0.25, 0.3) is 11.2 Å². The van der Waals surface area contributed by atoms with Gasteiger partial charge < -0.3 is 4.98 Å². The topological polar surface area (TPSA) is 144 Å². The zero-order valence-electron chi connectivity index (χ0n) is 7.09. The lowest BCUT2D eigenvalue weighted by molar-refractivity contribution is 0.584. The molecule has 0 atom stereocenters. The van der Waals surface area contributed by atoms with Gasteiger partial charge >= 0.3 is 15.9 Å². The minimum atomic E-state index is -4.42. The third-order valence-electron chi connectivity index (χ3n) is 1.70. The first-order valence-corrected chi connectivity index (χ1v) is 5.13. The summed E-state index contributed by atoms with van der Waals surface area (Å²) < 4.78 is 21.8. The maximum atomic E-state index is 11.5. The summed E-state index contributed by atoms with van der Waals surface area (Å²) in [5.41, 5.74) is -2.37. The van der Waals surface area contributed by atoms with Gasteiger partial charge in [0.2, 0.25) is 0 Å². The Hall–Kier alpha value is -1.94. The number of rotatable bonds is 1. The van der Waals surface area contributed by atoms with Gasteiger partial charge in [0.1, 0.15) is 0 Å². The summed E-state index contributed by atoms with van der Waals surface area (Å²) in [7, 11) is -4.42. The van der Waals surface area contributed by atoms with Crippen LogP contribution in [0.4, 0.5) is 0 Å². The third kappa shape index (κ3) is 1.35. The van der Waals surface area contributed by atoms with Crippen LogP contribution < -0.4 is 16.4 Å². The zero-order valence-corrected chi connectivity index (χ0v) is 7.91. The molecule has 0 fully saturated rings. The Balaban J connectivity index is 3.12. The predicted molar refractivity (Wildman–Crippen MR) is 49.5 cm³/mol. The lowest BCUT2D eigenvalue weighted by Gasteiger charge is -1.99. The molecule has 0 saturated heterocycles. The van der Waals surface area contributed by atoms with Gasteiger partial charge in [-0.2, -0.15) is 8.42 Å². The molecule has 0 aromatic carbocycles. The van der Waals surface area contributed by atoms with Crippen molar-refractivity contribution in [1.82, 2.24) is 18.9 Å². The molecule has 2 rings (SSSR count). The maximum Gasteiger partial charge on any atom is 0.345 e. The van der Waals surface area contributed by atoms with Crippen molar-refractivity contribution >= 4 is 21.4 Å². The van der Waals surface area contributed by atoms with Crippen LogP contribution in [0.2, 0.25) is 0 Å². The molecule has 0 aliphatic rings. The number of aromatic nitrogens is 4. The van der Waals surface area contributed by atoms with E-state index in [0.29, 0.717) is 0 Å². The monoisotopic (exact) mass is 231 g/mol. The number of nitrogens with one attached hydrogen (secondary N) is 2. The summed E-state index contributed by atoms with van der Waals surface area (Å²) in [5, 5.41) is 4.70. The van der Waals surface area contributed by atoms with Gasteiger partial charge in [0.05, 0.1) is 6.33 Å². The molecule has 0 aliphatic carbocycles. The van der Waals surface area contributed by atoms with Gasteiger partial charge in [-0.05, 0) is 0 Å². The predicted octanol–water partition coefficient (Wildman–Crippen LogP) is -2.54. The molecule has 0 radical (unpaired) electrons. The Morgan fingerprint density at radius 3 is 2.67 bits per heavy atom. The molecule has 9 nitrogen and oxygen atoms in total. The highest BCUT2D eigenvalue weighted by Gasteiger charge is 2.16. The van der Waals surface area contributed by atoms with E-state index < -0.39 is 21.5 Å². The van der Waals surface area contributed by atoms with Crippen molar-refractivity contribution in [2.75, 3.05) is 0 Å². The van der Waals surface area contributed by atoms with Gasteiger partial charge in [-0.25, -0.2) is 14.9 Å². The number of hydrogen-bond donors (Lipinski definition) is 3. The lowest BCUT2D eigenvalue weighted by atomic mass is 10.5. The first kappa shape index (κ1) is 9.61. The molecular weight excluding hydrogens is 226 g/mol. The smallest absolute Gasteiger partial charge is 0.339 e. The highest BCUT2D eigenvalue weighted by Crippen LogP contribution is 1.95. The van der Waals surface area contributed by atoms with E-state index in [0.717, 1.165) is 6.33 Å². The van der Waals surface area contributed by atoms with Crippen LogP contribution in [0, 0.1) is 0 Å². The van der Waals surface area contributed by atoms with Crippen LogP contribution in [0.1, 0.15) is 0 Å². The number of imidazole rings is 1. The van der Waals surface area contributed by atoms with E-state index in [1.807, 2.05) is 0 Å². The number of fused-ring (bicyclic) bond motifs is 1. The van der Waals surface area contributed by atoms with Gasteiger partial charge in [-0.3, -0.25) is 9.78 Å². The Morgan fingerprint density at radius 2 is 2.07 bits per heavy atom. The van der Waals surface area contributed by atoms with E-state index in [4.69, 9.17) is 5.14 Å². The molecule has 4 N–H and O–H groups in total. The van der Waals surface area contributed by atoms with Gasteiger partial charge in [0.15, 0.2) is 11.2 Å². The SMILES string of the molecule is NS(=O)(=O)n1c(=O)[nH]c2nc[nH]c2c1=O. The number of nitrogens with two attached hydrogens (primary N) is 1. The molecule has 10 heteroatoms. The molecule has 2 aromatic rings. The molecule has 80 valence electrons. The van der Waals surface area contributed by atoms with Crippen LogP contribution in [-0.2, 0) is 10.2 Å². The normalized spacial score (nSPS) is 12.1. The van der Waals surface area contributed by atoms with Crippen LogP contribution in [0.15, 0.2) is 15.9 Å². The van der Waals surface area contributed by atoms with Gasteiger partial charge in [-0.15, -0.1) is 3.97 Å². The largest absolute Gasteiger partial charge is 0.345 e. The number of H-pyrrole nitrogens is 2. The van der Waals surface area contributed by atoms with Crippen LogP contribution in [-0.4, -0.2) is 27.3 Å². The fraction of sp³-hybridized carbons (Fsp3) is 0. The Morgan fingerprint density at radius 1 is 1.40 bits per heavy atom. The van der Waals surface area contributed by atoms with E-state index in [-0.39, 0.29) is 15.1 Å². The number of hydrogen-bond acceptors (Lipinski definition) is 5. The summed E-state index contributed by atoms with van der Waals surface area (Å²) in [6.07, 6.45) is 1.15. The lowest BCUT2D eigenvalue weighted by Crippen LogP contribution is -2.43. The zero-order chi connectivity index (χ0) is 11.2. The van der Waals surface area contributed by atoms with Crippen molar-refractivity contribution < 1.29 is 8.42 Å². The van der Waals surface area contributed by atoms with Crippen molar-refractivity contribution in [3.63, 3.8) is 0 Å². The van der Waals surface area contributed by atoms with Crippen molar-refractivity contribution in [2.24, 2.45) is 5.14 Å². The van der Waals surface area contributed by atoms with E-state index >= 15 is 0 Å². The Kier molecular flexibility index (Phi) is 1.78. The molecule has 0 aliphatic heterocycles. The molecule has 0 spiro atoms. The molecule has 0 saturated carbocycles. The molecule has 15 heavy (non-hydrogen) atoms. The van der Waals surface area contributed by atoms with Crippen LogP contribution >= 0.6 is 0 Å². The van der Waals surface area contributed by atoms with E-state index in [2.05, 4.69) is 15.0 Å². The fourth-order valence-electron chi connectivity index (χ4n) is 1.13. The molecule has 0 bridgehead atoms. The van der Waals surface area contributed by atoms with Gasteiger partial charge in [0, 0.05) is 0 Å². The molecule has 2 aromatic heterocycles. The second-order valence-corrected chi connectivity index (χ2v) is 4.07. The average Bonchev–Trinajstić information content (AvgIpc) is 2.48. The van der Waals surface area contributed by atoms with Gasteiger partial charge in [0.25, 0.3) is 5.56 Å². The second-order valence-electron chi connectivity index (χ2n) is 2.67. The number of aromatic amines is 2. The minimum Gasteiger partial charge on any atom is -0.339 e. The summed E-state index contributed by atoms with van der Waals surface area (Å²) >= 11 is 0. The average molecular weight is 231 g/mol. The van der Waals surface area contributed by atoms with Crippen LogP contribution in [0.5, 0.6) is 0 Å². The van der Waals surface area contributed by atoms with E-state index in [1.165, 1.54) is 0 Å². The van der Waals surface area contributed by atoms with Crippen molar-refractivity contribution in [1.29, 1.82) is 0 Å². The van der Waals surface area contributed by atoms with Crippen molar-refractivity contribution in [3.05, 3.63) is 27.2 Å². The molecule has 0 unspecified atom stereocenters. The molecular formula is C5H5N5O4S. The first-order valence-electron chi connectivity index (χ1n) is 3.63. The quantitative estimate of drug-likeness (QED) is 0.495. The highest BCUT2D eigenvalue weighted by atomic mass is 32.2. The summed E-state index contributed by atoms with van der Waals surface area (Å²) in [5.74, 6) is 0. The first-order chi connectivity index (χ1) is 6.91. The van der Waals surface area contributed by atoms with E-state index in [9.17, 15) is 18.0 Å². The number of nitrogens with zero attached hydrogens (tertiary/aromatic N) is 2. The summed E-state index contributed by atoms with van der Waals surface area (Å²) in [4.78, 5) is 30.8. The Labute approximate surface area is 81.8 Å². The van der Waals surface area contributed by atoms with Gasteiger partial charge in [-0.1, -0.05) is 0 Å². The maximum absolute atomic E-state index is 11.5. The van der Waals surface area contributed by atoms with Crippen LogP contribution in [0.3, 0.4) is 0 Å². The fourth-order valence-corrected chi connectivity index (χ4v) is 1.73. The van der Waals surface area contributed by atoms with E-state index in [1.54, 1.807) is 0 Å². The highest BCUT2D eigenvalue weighted by molar-refractivity contribution is 7.87. The molecule has 2 heterocycles. The van der Waals surface area contributed by atoms with Crippen molar-refractivity contribution in [2.45, 2.75) is 0 Å². The molecule has 0 amide bonds. The van der Waals surface area contributed by atoms with Crippen molar-refractivity contribution in [3.8, 4) is 0 Å². The minimum absolute atomic E-state index is 0.0232. The second kappa shape index (κ2) is 2.77. The standard InChI is InChI=1S/C5H5N5O4S/c6-15(13,14)10-4(11)2-3(8-1-7-2)9-5(10)12/h1H,(H,7,8)(H,9,12)(H2,6,13,14). The Bertz CT molecular complexity index is 735. The third-order valence-corrected chi connectivity index (χ3v) is 2.54.